The maximum absolute atomic E-state index is 11.0. The third-order valence-electron chi connectivity index (χ3n) is 4.68. The molecular formula is C20H33NaO3S. The van der Waals surface area contributed by atoms with Gasteiger partial charge < -0.3 is 4.55 Å². The molecule has 0 N–H and O–H groups in total. The Morgan fingerprint density at radius 2 is 1.32 bits per heavy atom. The van der Waals surface area contributed by atoms with Crippen molar-refractivity contribution in [3.8, 4) is 0 Å². The summed E-state index contributed by atoms with van der Waals surface area (Å²) in [7, 11) is -4.34. The van der Waals surface area contributed by atoms with Gasteiger partial charge in [-0.15, -0.1) is 0 Å². The summed E-state index contributed by atoms with van der Waals surface area (Å²) in [5, 5.41) is 0. The first-order chi connectivity index (χ1) is 11.5. The summed E-state index contributed by atoms with van der Waals surface area (Å²) >= 11 is 0. The standard InChI is InChI=1S/C20H34O3S.Na/c1-3-5-6-7-8-9-10-11-13-18(12-4-2)19-14-16-20(17-15-19)24(21,22)23;/h14-18H,3-13H2,1-2H3,(H,21,22,23);/q;+1/p-1. The predicted molar refractivity (Wildman–Crippen MR) is 99.3 cm³/mol. The van der Waals surface area contributed by atoms with E-state index in [0.29, 0.717) is 5.92 Å². The van der Waals surface area contributed by atoms with Crippen LogP contribution in [0.2, 0.25) is 0 Å². The Morgan fingerprint density at radius 3 is 1.80 bits per heavy atom. The molecule has 0 aliphatic carbocycles. The van der Waals surface area contributed by atoms with Gasteiger partial charge in [-0.05, 0) is 36.5 Å². The van der Waals surface area contributed by atoms with Gasteiger partial charge in [0.05, 0.1) is 4.90 Å². The van der Waals surface area contributed by atoms with Crippen LogP contribution in [-0.2, 0) is 10.1 Å². The summed E-state index contributed by atoms with van der Waals surface area (Å²) in [4.78, 5) is -0.131. The second-order valence-electron chi connectivity index (χ2n) is 6.77. The zero-order chi connectivity index (χ0) is 17.8. The Hall–Kier alpha value is 0.130. The zero-order valence-corrected chi connectivity index (χ0v) is 19.1. The van der Waals surface area contributed by atoms with E-state index in [4.69, 9.17) is 0 Å². The van der Waals surface area contributed by atoms with Gasteiger partial charge in [-0.3, -0.25) is 0 Å². The summed E-state index contributed by atoms with van der Waals surface area (Å²) in [5.74, 6) is 0.471. The van der Waals surface area contributed by atoms with Gasteiger partial charge in [0.25, 0.3) is 0 Å². The topological polar surface area (TPSA) is 57.2 Å². The monoisotopic (exact) mass is 376 g/mol. The molecule has 0 aliphatic heterocycles. The first-order valence-corrected chi connectivity index (χ1v) is 11.0. The van der Waals surface area contributed by atoms with Crippen LogP contribution in [-0.4, -0.2) is 13.0 Å². The van der Waals surface area contributed by atoms with Gasteiger partial charge in [-0.25, -0.2) is 8.42 Å². The number of rotatable bonds is 13. The molecule has 25 heavy (non-hydrogen) atoms. The average molecular weight is 377 g/mol. The Bertz CT molecular complexity index is 541. The minimum absolute atomic E-state index is 0. The Labute approximate surface area is 177 Å². The maximum Gasteiger partial charge on any atom is 1.00 e. The first kappa shape index (κ1) is 25.1. The van der Waals surface area contributed by atoms with E-state index in [0.717, 1.165) is 24.8 Å². The van der Waals surface area contributed by atoms with Crippen LogP contribution in [0.3, 0.4) is 0 Å². The molecule has 1 atom stereocenters. The van der Waals surface area contributed by atoms with Crippen molar-refractivity contribution in [2.75, 3.05) is 0 Å². The molecule has 0 aliphatic rings. The molecule has 1 aromatic carbocycles. The molecule has 0 bridgehead atoms. The van der Waals surface area contributed by atoms with Crippen LogP contribution in [0.5, 0.6) is 0 Å². The Morgan fingerprint density at radius 1 is 0.800 bits per heavy atom. The molecular weight excluding hydrogens is 343 g/mol. The van der Waals surface area contributed by atoms with Gasteiger partial charge in [-0.1, -0.05) is 83.8 Å². The molecule has 5 heteroatoms. The molecule has 3 nitrogen and oxygen atoms in total. The number of benzene rings is 1. The summed E-state index contributed by atoms with van der Waals surface area (Å²) in [6.45, 7) is 4.42. The molecule has 0 saturated carbocycles. The normalized spacial score (nSPS) is 12.6. The largest absolute Gasteiger partial charge is 1.00 e. The molecule has 0 spiro atoms. The Balaban J connectivity index is 0.00000576. The molecule has 0 heterocycles. The summed E-state index contributed by atoms with van der Waals surface area (Å²) < 4.78 is 33.1. The fourth-order valence-electron chi connectivity index (χ4n) is 3.26. The molecule has 1 rings (SSSR count). The average Bonchev–Trinajstić information content (AvgIpc) is 2.55. The second-order valence-corrected chi connectivity index (χ2v) is 8.15. The van der Waals surface area contributed by atoms with Gasteiger partial charge >= 0.3 is 29.6 Å². The molecule has 0 saturated heterocycles. The van der Waals surface area contributed by atoms with Crippen LogP contribution in [0, 0.1) is 0 Å². The molecule has 0 amide bonds. The minimum Gasteiger partial charge on any atom is -0.744 e. The van der Waals surface area contributed by atoms with Crippen molar-refractivity contribution in [3.63, 3.8) is 0 Å². The Kier molecular flexibility index (Phi) is 14.3. The van der Waals surface area contributed by atoms with E-state index in [1.54, 1.807) is 0 Å². The van der Waals surface area contributed by atoms with Gasteiger partial charge in [0.1, 0.15) is 10.1 Å². The summed E-state index contributed by atoms with van der Waals surface area (Å²) in [5.41, 5.74) is 1.16. The fraction of sp³-hybridized carbons (Fsp3) is 0.700. The summed E-state index contributed by atoms with van der Waals surface area (Å²) in [6.07, 6.45) is 13.9. The van der Waals surface area contributed by atoms with Crippen LogP contribution in [0.4, 0.5) is 0 Å². The molecule has 1 aromatic rings. The predicted octanol–water partition coefficient (Wildman–Crippen LogP) is 3.01. The number of hydrogen-bond donors (Lipinski definition) is 0. The molecule has 0 radical (unpaired) electrons. The smallest absolute Gasteiger partial charge is 0.744 e. The van der Waals surface area contributed by atoms with Crippen LogP contribution in [0.1, 0.15) is 96.0 Å². The van der Waals surface area contributed by atoms with E-state index in [1.165, 1.54) is 63.5 Å². The molecule has 0 aromatic heterocycles. The maximum atomic E-state index is 11.0. The third kappa shape index (κ3) is 10.8. The van der Waals surface area contributed by atoms with Crippen molar-refractivity contribution in [2.24, 2.45) is 0 Å². The van der Waals surface area contributed by atoms with E-state index < -0.39 is 10.1 Å². The van der Waals surface area contributed by atoms with Crippen LogP contribution >= 0.6 is 0 Å². The van der Waals surface area contributed by atoms with Crippen LogP contribution in [0.25, 0.3) is 0 Å². The molecule has 138 valence electrons. The van der Waals surface area contributed by atoms with E-state index >= 15 is 0 Å². The first-order valence-electron chi connectivity index (χ1n) is 9.54. The van der Waals surface area contributed by atoms with E-state index in [-0.39, 0.29) is 34.5 Å². The van der Waals surface area contributed by atoms with Gasteiger partial charge in [0, 0.05) is 0 Å². The SMILES string of the molecule is CCCCCCCCCCC(CCC)c1ccc(S(=O)(=O)[O-])cc1.[Na+]. The van der Waals surface area contributed by atoms with Crippen molar-refractivity contribution in [1.29, 1.82) is 0 Å². The van der Waals surface area contributed by atoms with Crippen molar-refractivity contribution < 1.29 is 42.5 Å². The van der Waals surface area contributed by atoms with Crippen molar-refractivity contribution in [2.45, 2.75) is 95.3 Å². The zero-order valence-electron chi connectivity index (χ0n) is 16.3. The van der Waals surface area contributed by atoms with Crippen LogP contribution in [0.15, 0.2) is 29.2 Å². The van der Waals surface area contributed by atoms with Gasteiger partial charge in [0.15, 0.2) is 0 Å². The van der Waals surface area contributed by atoms with Crippen molar-refractivity contribution >= 4 is 10.1 Å². The number of hydrogen-bond acceptors (Lipinski definition) is 3. The van der Waals surface area contributed by atoms with Gasteiger partial charge in [0.2, 0.25) is 0 Å². The van der Waals surface area contributed by atoms with Crippen molar-refractivity contribution in [3.05, 3.63) is 29.8 Å². The number of unbranched alkanes of at least 4 members (excludes halogenated alkanes) is 7. The second kappa shape index (κ2) is 14.2. The van der Waals surface area contributed by atoms with Crippen molar-refractivity contribution in [1.82, 2.24) is 0 Å². The van der Waals surface area contributed by atoms with E-state index in [2.05, 4.69) is 13.8 Å². The van der Waals surface area contributed by atoms with E-state index in [9.17, 15) is 13.0 Å². The van der Waals surface area contributed by atoms with Gasteiger partial charge in [-0.2, -0.15) is 0 Å². The van der Waals surface area contributed by atoms with E-state index in [1.807, 2.05) is 12.1 Å². The third-order valence-corrected chi connectivity index (χ3v) is 5.53. The quantitative estimate of drug-likeness (QED) is 0.302. The molecule has 1 unspecified atom stereocenters. The summed E-state index contributed by atoms with van der Waals surface area (Å²) in [6, 6.07) is 6.54. The molecule has 0 fully saturated rings. The van der Waals surface area contributed by atoms with Crippen LogP contribution < -0.4 is 29.6 Å². The fourth-order valence-corrected chi connectivity index (χ4v) is 3.73. The minimum atomic E-state index is -4.34.